The van der Waals surface area contributed by atoms with Crippen LogP contribution in [0.15, 0.2) is 12.1 Å². The molecule has 0 heterocycles. The van der Waals surface area contributed by atoms with Crippen molar-refractivity contribution in [2.45, 2.75) is 33.7 Å². The molecule has 1 N–H and O–H groups in total. The molecule has 0 amide bonds. The number of hydrogen-bond acceptors (Lipinski definition) is 4. The molecule has 0 saturated carbocycles. The van der Waals surface area contributed by atoms with E-state index in [1.54, 1.807) is 21.3 Å². The van der Waals surface area contributed by atoms with E-state index in [-0.39, 0.29) is 6.04 Å². The lowest BCUT2D eigenvalue weighted by molar-refractivity contribution is 0.285. The second-order valence-electron chi connectivity index (χ2n) is 5.58. The maximum absolute atomic E-state index is 5.59. The van der Waals surface area contributed by atoms with Gasteiger partial charge < -0.3 is 19.5 Å². The molecule has 0 aliphatic rings. The first-order valence-corrected chi connectivity index (χ1v) is 7.53. The minimum absolute atomic E-state index is 0.172. The summed E-state index contributed by atoms with van der Waals surface area (Å²) in [6.07, 6.45) is 0. The molecule has 1 aromatic carbocycles. The highest BCUT2D eigenvalue weighted by Crippen LogP contribution is 2.42. The summed E-state index contributed by atoms with van der Waals surface area (Å²) in [5.74, 6) is 3.32. The highest BCUT2D eigenvalue weighted by atomic mass is 16.5. The fourth-order valence-corrected chi connectivity index (χ4v) is 2.49. The van der Waals surface area contributed by atoms with Crippen LogP contribution in [0.2, 0.25) is 0 Å². The number of ether oxygens (including phenoxy) is 3. The van der Waals surface area contributed by atoms with Crippen molar-refractivity contribution in [1.82, 2.24) is 5.32 Å². The lowest BCUT2D eigenvalue weighted by atomic mass is 9.85. The summed E-state index contributed by atoms with van der Waals surface area (Å²) in [6, 6.07) is 4.00. The summed E-state index contributed by atoms with van der Waals surface area (Å²) in [4.78, 5) is 0. The minimum Gasteiger partial charge on any atom is -0.496 e. The zero-order valence-electron chi connectivity index (χ0n) is 14.3. The van der Waals surface area contributed by atoms with Crippen molar-refractivity contribution in [3.8, 4) is 17.2 Å². The molecule has 0 bridgehead atoms. The molecule has 0 spiro atoms. The average Bonchev–Trinajstić information content (AvgIpc) is 2.50. The Kier molecular flexibility index (Phi) is 6.82. The van der Waals surface area contributed by atoms with Crippen molar-refractivity contribution in [3.63, 3.8) is 0 Å². The summed E-state index contributed by atoms with van der Waals surface area (Å²) in [7, 11) is 5.01. The van der Waals surface area contributed by atoms with Gasteiger partial charge in [0.2, 0.25) is 0 Å². The maximum Gasteiger partial charge on any atom is 0.131 e. The zero-order chi connectivity index (χ0) is 16.0. The molecule has 0 radical (unpaired) electrons. The first-order chi connectivity index (χ1) is 9.99. The number of hydrogen-bond donors (Lipinski definition) is 1. The van der Waals surface area contributed by atoms with Gasteiger partial charge in [-0.2, -0.15) is 0 Å². The number of nitrogens with one attached hydrogen (secondary N) is 1. The quantitative estimate of drug-likeness (QED) is 0.794. The largest absolute Gasteiger partial charge is 0.496 e. The third-order valence-electron chi connectivity index (χ3n) is 4.07. The van der Waals surface area contributed by atoms with Crippen molar-refractivity contribution in [1.29, 1.82) is 0 Å². The van der Waals surface area contributed by atoms with Crippen molar-refractivity contribution in [2.24, 2.45) is 11.8 Å². The van der Waals surface area contributed by atoms with Gasteiger partial charge in [-0.3, -0.25) is 0 Å². The monoisotopic (exact) mass is 295 g/mol. The molecule has 1 rings (SSSR count). The van der Waals surface area contributed by atoms with E-state index in [4.69, 9.17) is 14.2 Å². The number of benzene rings is 1. The van der Waals surface area contributed by atoms with E-state index in [0.717, 1.165) is 29.4 Å². The molecule has 0 fully saturated rings. The molecule has 21 heavy (non-hydrogen) atoms. The summed E-state index contributed by atoms with van der Waals surface area (Å²) in [5.41, 5.74) is 1.06. The van der Waals surface area contributed by atoms with Gasteiger partial charge >= 0.3 is 0 Å². The van der Waals surface area contributed by atoms with Crippen molar-refractivity contribution < 1.29 is 14.2 Å². The van der Waals surface area contributed by atoms with Crippen molar-refractivity contribution in [3.05, 3.63) is 17.7 Å². The Morgan fingerprint density at radius 3 is 1.81 bits per heavy atom. The van der Waals surface area contributed by atoms with Crippen LogP contribution in [-0.4, -0.2) is 27.9 Å². The normalized spacial score (nSPS) is 13.9. The van der Waals surface area contributed by atoms with Crippen LogP contribution in [0.1, 0.15) is 39.3 Å². The maximum atomic E-state index is 5.59. The van der Waals surface area contributed by atoms with E-state index in [1.165, 1.54) is 0 Å². The summed E-state index contributed by atoms with van der Waals surface area (Å²) < 4.78 is 16.5. The van der Waals surface area contributed by atoms with E-state index in [9.17, 15) is 0 Å². The molecule has 0 aliphatic heterocycles. The Labute approximate surface area is 128 Å². The number of rotatable bonds is 8. The molecule has 1 aromatic rings. The standard InChI is InChI=1S/C17H29NO3/c1-8-18-17(12(4)11(2)3)16-14(20-6)9-13(19-5)10-15(16)21-7/h9-12,17-18H,8H2,1-7H3. The fraction of sp³-hybridized carbons (Fsp3) is 0.647. The summed E-state index contributed by atoms with van der Waals surface area (Å²) >= 11 is 0. The minimum atomic E-state index is 0.172. The smallest absolute Gasteiger partial charge is 0.131 e. The highest BCUT2D eigenvalue weighted by Gasteiger charge is 2.28. The van der Waals surface area contributed by atoms with Crippen LogP contribution in [0.3, 0.4) is 0 Å². The van der Waals surface area contributed by atoms with Gasteiger partial charge in [-0.05, 0) is 18.4 Å². The predicted octanol–water partition coefficient (Wildman–Crippen LogP) is 3.66. The van der Waals surface area contributed by atoms with Gasteiger partial charge in [0.05, 0.1) is 26.9 Å². The van der Waals surface area contributed by atoms with Crippen LogP contribution in [0.5, 0.6) is 17.2 Å². The molecule has 2 atom stereocenters. The van der Waals surface area contributed by atoms with E-state index in [2.05, 4.69) is 33.0 Å². The van der Waals surface area contributed by atoms with E-state index in [1.807, 2.05) is 12.1 Å². The Balaban J connectivity index is 3.40. The molecular formula is C17H29NO3. The first-order valence-electron chi connectivity index (χ1n) is 7.53. The summed E-state index contributed by atoms with van der Waals surface area (Å²) in [6.45, 7) is 9.72. The Morgan fingerprint density at radius 1 is 0.952 bits per heavy atom. The number of methoxy groups -OCH3 is 3. The molecule has 120 valence electrons. The van der Waals surface area contributed by atoms with Crippen molar-refractivity contribution in [2.75, 3.05) is 27.9 Å². The van der Waals surface area contributed by atoms with Gasteiger partial charge in [0, 0.05) is 18.2 Å². The van der Waals surface area contributed by atoms with Gasteiger partial charge in [-0.15, -0.1) is 0 Å². The topological polar surface area (TPSA) is 39.7 Å². The SMILES string of the molecule is CCNC(c1c(OC)cc(OC)cc1OC)C(C)C(C)C. The van der Waals surface area contributed by atoms with E-state index < -0.39 is 0 Å². The lowest BCUT2D eigenvalue weighted by Crippen LogP contribution is -2.30. The third kappa shape index (κ3) is 4.03. The second kappa shape index (κ2) is 8.13. The van der Waals surface area contributed by atoms with Gasteiger partial charge in [-0.1, -0.05) is 27.7 Å². The average molecular weight is 295 g/mol. The van der Waals surface area contributed by atoms with Crippen LogP contribution in [0, 0.1) is 11.8 Å². The lowest BCUT2D eigenvalue weighted by Gasteiger charge is -2.30. The Bertz CT molecular complexity index is 421. The molecule has 0 saturated heterocycles. The van der Waals surface area contributed by atoms with Crippen LogP contribution in [0.4, 0.5) is 0 Å². The van der Waals surface area contributed by atoms with Crippen molar-refractivity contribution >= 4 is 0 Å². The zero-order valence-corrected chi connectivity index (χ0v) is 14.3. The molecule has 2 unspecified atom stereocenters. The van der Waals surface area contributed by atoms with Gasteiger partial charge in [0.25, 0.3) is 0 Å². The Morgan fingerprint density at radius 2 is 1.48 bits per heavy atom. The molecule has 0 aromatic heterocycles. The molecule has 4 heteroatoms. The van der Waals surface area contributed by atoms with Crippen LogP contribution >= 0.6 is 0 Å². The second-order valence-corrected chi connectivity index (χ2v) is 5.58. The van der Waals surface area contributed by atoms with E-state index in [0.29, 0.717) is 11.8 Å². The molecule has 4 nitrogen and oxygen atoms in total. The molecular weight excluding hydrogens is 266 g/mol. The van der Waals surface area contributed by atoms with Crippen LogP contribution in [-0.2, 0) is 0 Å². The van der Waals surface area contributed by atoms with Gasteiger partial charge in [0.1, 0.15) is 17.2 Å². The fourth-order valence-electron chi connectivity index (χ4n) is 2.49. The molecule has 0 aliphatic carbocycles. The van der Waals surface area contributed by atoms with E-state index >= 15 is 0 Å². The highest BCUT2D eigenvalue weighted by molar-refractivity contribution is 5.52. The van der Waals surface area contributed by atoms with Gasteiger partial charge in [0.15, 0.2) is 0 Å². The van der Waals surface area contributed by atoms with Gasteiger partial charge in [-0.25, -0.2) is 0 Å². The van der Waals surface area contributed by atoms with Crippen LogP contribution in [0.25, 0.3) is 0 Å². The predicted molar refractivity (Wildman–Crippen MR) is 86.5 cm³/mol. The third-order valence-corrected chi connectivity index (χ3v) is 4.07. The van der Waals surface area contributed by atoms with Crippen LogP contribution < -0.4 is 19.5 Å². The first kappa shape index (κ1) is 17.6. The Hall–Kier alpha value is -1.42. The summed E-state index contributed by atoms with van der Waals surface area (Å²) in [5, 5.41) is 3.57.